The minimum absolute atomic E-state index is 0.0855. The number of imidazole rings is 1. The molecular weight excluding hydrogens is 310 g/mol. The summed E-state index contributed by atoms with van der Waals surface area (Å²) in [6, 6.07) is 7.51. The molecular formula is C17H17N3O4. The Kier molecular flexibility index (Phi) is 4.07. The number of nitrogens with zero attached hydrogens (tertiary/aromatic N) is 1. The van der Waals surface area contributed by atoms with E-state index in [-0.39, 0.29) is 29.4 Å². The van der Waals surface area contributed by atoms with Crippen molar-refractivity contribution in [3.63, 3.8) is 0 Å². The molecule has 1 aromatic carbocycles. The van der Waals surface area contributed by atoms with Gasteiger partial charge in [-0.15, -0.1) is 0 Å². The number of rotatable bonds is 5. The van der Waals surface area contributed by atoms with Crippen molar-refractivity contribution in [3.8, 4) is 0 Å². The van der Waals surface area contributed by atoms with E-state index in [9.17, 15) is 9.59 Å². The van der Waals surface area contributed by atoms with E-state index in [0.717, 1.165) is 11.0 Å². The lowest BCUT2D eigenvalue weighted by atomic mass is 10.1. The Hall–Kier alpha value is -3.09. The number of ether oxygens (including phenoxy) is 1. The fourth-order valence-corrected chi connectivity index (χ4v) is 2.57. The Balaban J connectivity index is 2.04. The van der Waals surface area contributed by atoms with Crippen molar-refractivity contribution >= 4 is 34.6 Å². The maximum Gasteiger partial charge on any atom is 0.344 e. The van der Waals surface area contributed by atoms with Crippen LogP contribution in [0.3, 0.4) is 0 Å². The summed E-state index contributed by atoms with van der Waals surface area (Å²) in [5.74, 6) is 0.0140. The van der Waals surface area contributed by atoms with Crippen LogP contribution in [0.5, 0.6) is 0 Å². The van der Waals surface area contributed by atoms with E-state index < -0.39 is 5.97 Å². The van der Waals surface area contributed by atoms with E-state index in [1.54, 1.807) is 13.8 Å². The SMILES string of the molecule is CCOC(=O)c1c(Nc2nc3ccccc3[nH]2)oc(C)c1C(C)=O. The molecule has 0 spiro atoms. The topological polar surface area (TPSA) is 97.2 Å². The number of H-pyrrole nitrogens is 1. The molecule has 3 rings (SSSR count). The van der Waals surface area contributed by atoms with Gasteiger partial charge < -0.3 is 14.1 Å². The van der Waals surface area contributed by atoms with Gasteiger partial charge in [-0.3, -0.25) is 10.1 Å². The van der Waals surface area contributed by atoms with Crippen LogP contribution in [-0.2, 0) is 4.74 Å². The Labute approximate surface area is 138 Å². The predicted octanol–water partition coefficient (Wildman–Crippen LogP) is 3.59. The molecule has 0 atom stereocenters. The van der Waals surface area contributed by atoms with Gasteiger partial charge in [0, 0.05) is 0 Å². The average Bonchev–Trinajstić information content (AvgIpc) is 3.07. The van der Waals surface area contributed by atoms with Crippen LogP contribution in [0.4, 0.5) is 11.8 Å². The second kappa shape index (κ2) is 6.19. The molecule has 7 nitrogen and oxygen atoms in total. The van der Waals surface area contributed by atoms with Crippen LogP contribution in [0.2, 0.25) is 0 Å². The summed E-state index contributed by atoms with van der Waals surface area (Å²) < 4.78 is 10.6. The second-order valence-corrected chi connectivity index (χ2v) is 5.24. The predicted molar refractivity (Wildman–Crippen MR) is 88.8 cm³/mol. The monoisotopic (exact) mass is 327 g/mol. The number of carbonyl (C=O) groups is 2. The van der Waals surface area contributed by atoms with Gasteiger partial charge in [-0.1, -0.05) is 12.1 Å². The summed E-state index contributed by atoms with van der Waals surface area (Å²) in [7, 11) is 0. The van der Waals surface area contributed by atoms with Gasteiger partial charge in [-0.05, 0) is 32.9 Å². The van der Waals surface area contributed by atoms with Gasteiger partial charge in [0.05, 0.1) is 23.2 Å². The molecule has 0 amide bonds. The molecule has 0 aliphatic carbocycles. The van der Waals surface area contributed by atoms with Crippen LogP contribution >= 0.6 is 0 Å². The highest BCUT2D eigenvalue weighted by molar-refractivity contribution is 6.09. The number of aromatic amines is 1. The minimum Gasteiger partial charge on any atom is -0.462 e. The van der Waals surface area contributed by atoms with Gasteiger partial charge in [0.2, 0.25) is 11.8 Å². The molecule has 0 aliphatic rings. The number of esters is 1. The molecule has 0 fully saturated rings. The zero-order valence-electron chi connectivity index (χ0n) is 13.6. The Morgan fingerprint density at radius 2 is 2.04 bits per heavy atom. The van der Waals surface area contributed by atoms with Crippen LogP contribution < -0.4 is 5.32 Å². The van der Waals surface area contributed by atoms with Gasteiger partial charge in [-0.25, -0.2) is 9.78 Å². The number of anilines is 2. The summed E-state index contributed by atoms with van der Waals surface area (Å²) in [5, 5.41) is 2.93. The van der Waals surface area contributed by atoms with Crippen LogP contribution in [0.25, 0.3) is 11.0 Å². The molecule has 2 aromatic heterocycles. The number of ketones is 1. The molecule has 0 bridgehead atoms. The maximum absolute atomic E-state index is 12.3. The molecule has 0 radical (unpaired) electrons. The van der Waals surface area contributed by atoms with E-state index >= 15 is 0 Å². The standard InChI is InChI=1S/C17H17N3O4/c1-4-23-16(22)14-13(9(2)21)10(3)24-15(14)20-17-18-11-7-5-6-8-12(11)19-17/h5-8H,4H2,1-3H3,(H2,18,19,20). The lowest BCUT2D eigenvalue weighted by Gasteiger charge is -2.04. The smallest absolute Gasteiger partial charge is 0.344 e. The van der Waals surface area contributed by atoms with E-state index in [1.165, 1.54) is 6.92 Å². The second-order valence-electron chi connectivity index (χ2n) is 5.24. The highest BCUT2D eigenvalue weighted by atomic mass is 16.5. The summed E-state index contributed by atoms with van der Waals surface area (Å²) in [6.45, 7) is 4.91. The van der Waals surface area contributed by atoms with Gasteiger partial charge >= 0.3 is 5.97 Å². The molecule has 0 unspecified atom stereocenters. The van der Waals surface area contributed by atoms with Crippen LogP contribution in [0.1, 0.15) is 40.3 Å². The zero-order valence-corrected chi connectivity index (χ0v) is 13.6. The van der Waals surface area contributed by atoms with Gasteiger partial charge in [-0.2, -0.15) is 0 Å². The highest BCUT2D eigenvalue weighted by Gasteiger charge is 2.28. The van der Waals surface area contributed by atoms with Crippen molar-refractivity contribution in [2.24, 2.45) is 0 Å². The van der Waals surface area contributed by atoms with Crippen molar-refractivity contribution in [2.45, 2.75) is 20.8 Å². The van der Waals surface area contributed by atoms with E-state index in [0.29, 0.717) is 11.7 Å². The zero-order chi connectivity index (χ0) is 17.3. The number of carbonyl (C=O) groups excluding carboxylic acids is 2. The number of furan rings is 1. The highest BCUT2D eigenvalue weighted by Crippen LogP contribution is 2.30. The minimum atomic E-state index is -0.613. The van der Waals surface area contributed by atoms with Crippen LogP contribution in [0.15, 0.2) is 28.7 Å². The summed E-state index contributed by atoms with van der Waals surface area (Å²) >= 11 is 0. The molecule has 0 aliphatic heterocycles. The largest absolute Gasteiger partial charge is 0.462 e. The third-order valence-corrected chi connectivity index (χ3v) is 3.54. The first kappa shape index (κ1) is 15.8. The lowest BCUT2D eigenvalue weighted by molar-refractivity contribution is 0.0524. The van der Waals surface area contributed by atoms with Crippen molar-refractivity contribution in [1.29, 1.82) is 0 Å². The number of Topliss-reactive ketones (excluding diaryl/α,β-unsaturated/α-hetero) is 1. The van der Waals surface area contributed by atoms with Crippen molar-refractivity contribution in [2.75, 3.05) is 11.9 Å². The fraction of sp³-hybridized carbons (Fsp3) is 0.235. The Bertz CT molecular complexity index is 890. The van der Waals surface area contributed by atoms with E-state index in [4.69, 9.17) is 9.15 Å². The number of fused-ring (bicyclic) bond motifs is 1. The van der Waals surface area contributed by atoms with Crippen molar-refractivity contribution in [3.05, 3.63) is 41.2 Å². The normalized spacial score (nSPS) is 10.8. The number of benzene rings is 1. The van der Waals surface area contributed by atoms with E-state index in [1.807, 2.05) is 24.3 Å². The summed E-state index contributed by atoms with van der Waals surface area (Å²) in [6.07, 6.45) is 0. The fourth-order valence-electron chi connectivity index (χ4n) is 2.57. The molecule has 24 heavy (non-hydrogen) atoms. The van der Waals surface area contributed by atoms with Gasteiger partial charge in [0.1, 0.15) is 11.3 Å². The summed E-state index contributed by atoms with van der Waals surface area (Å²) in [4.78, 5) is 31.6. The number of hydrogen-bond acceptors (Lipinski definition) is 6. The first-order chi connectivity index (χ1) is 11.5. The number of para-hydroxylation sites is 2. The van der Waals surface area contributed by atoms with Crippen LogP contribution in [-0.4, -0.2) is 28.3 Å². The lowest BCUT2D eigenvalue weighted by Crippen LogP contribution is -2.11. The summed E-state index contributed by atoms with van der Waals surface area (Å²) in [5.41, 5.74) is 1.91. The molecule has 0 saturated heterocycles. The Morgan fingerprint density at radius 3 is 2.71 bits per heavy atom. The molecule has 3 aromatic rings. The average molecular weight is 327 g/mol. The molecule has 2 heterocycles. The molecule has 2 N–H and O–H groups in total. The number of hydrogen-bond donors (Lipinski definition) is 2. The van der Waals surface area contributed by atoms with Crippen molar-refractivity contribution < 1.29 is 18.7 Å². The van der Waals surface area contributed by atoms with Gasteiger partial charge in [0.15, 0.2) is 5.78 Å². The quantitative estimate of drug-likeness (QED) is 0.549. The number of aryl methyl sites for hydroxylation is 1. The van der Waals surface area contributed by atoms with Crippen LogP contribution in [0, 0.1) is 6.92 Å². The third kappa shape index (κ3) is 2.76. The number of aromatic nitrogens is 2. The first-order valence-corrected chi connectivity index (χ1v) is 7.54. The third-order valence-electron chi connectivity index (χ3n) is 3.54. The molecule has 7 heteroatoms. The van der Waals surface area contributed by atoms with E-state index in [2.05, 4.69) is 15.3 Å². The number of nitrogens with one attached hydrogen (secondary N) is 2. The maximum atomic E-state index is 12.3. The molecule has 0 saturated carbocycles. The first-order valence-electron chi connectivity index (χ1n) is 7.54. The van der Waals surface area contributed by atoms with Gasteiger partial charge in [0.25, 0.3) is 0 Å². The molecule has 124 valence electrons. The Morgan fingerprint density at radius 1 is 1.29 bits per heavy atom. The van der Waals surface area contributed by atoms with Crippen molar-refractivity contribution in [1.82, 2.24) is 9.97 Å².